The summed E-state index contributed by atoms with van der Waals surface area (Å²) in [6.45, 7) is 1.32. The summed E-state index contributed by atoms with van der Waals surface area (Å²) in [5, 5.41) is 9.11. The molecule has 0 aliphatic heterocycles. The van der Waals surface area contributed by atoms with E-state index in [2.05, 4.69) is 15.9 Å². The number of unbranched alkanes of at least 4 members (excludes halogenated alkanes) is 1. The minimum Gasteiger partial charge on any atom is -0.493 e. The van der Waals surface area contributed by atoms with Gasteiger partial charge in [0.25, 0.3) is 0 Å². The molecular weight excluding hydrogens is 300 g/mol. The summed E-state index contributed by atoms with van der Waals surface area (Å²) in [5.74, 6) is 1.30. The maximum atomic E-state index is 9.11. The first kappa shape index (κ1) is 15.3. The SMILES string of the molecule is COCCCCOc1c(Br)cc(CO)cc1OC. The normalized spacial score (nSPS) is 10.4. The van der Waals surface area contributed by atoms with Crippen LogP contribution >= 0.6 is 15.9 Å². The van der Waals surface area contributed by atoms with Crippen LogP contribution in [-0.4, -0.2) is 32.5 Å². The molecule has 0 saturated heterocycles. The Hall–Kier alpha value is -0.780. The first-order valence-corrected chi connectivity index (χ1v) is 6.61. The van der Waals surface area contributed by atoms with Crippen molar-refractivity contribution in [1.29, 1.82) is 0 Å². The number of rotatable bonds is 8. The lowest BCUT2D eigenvalue weighted by molar-refractivity contribution is 0.183. The molecule has 0 spiro atoms. The molecule has 1 N–H and O–H groups in total. The molecule has 0 atom stereocenters. The topological polar surface area (TPSA) is 47.9 Å². The van der Waals surface area contributed by atoms with Gasteiger partial charge in [-0.1, -0.05) is 0 Å². The standard InChI is InChI=1S/C13H19BrO4/c1-16-5-3-4-6-18-13-11(14)7-10(9-15)8-12(13)17-2/h7-8,15H,3-6,9H2,1-2H3. The number of aliphatic hydroxyl groups excluding tert-OH is 1. The minimum absolute atomic E-state index is 0.0247. The van der Waals surface area contributed by atoms with Crippen LogP contribution in [0.15, 0.2) is 16.6 Å². The van der Waals surface area contributed by atoms with Crippen molar-refractivity contribution in [3.8, 4) is 11.5 Å². The van der Waals surface area contributed by atoms with E-state index in [9.17, 15) is 0 Å². The minimum atomic E-state index is -0.0247. The summed E-state index contributed by atoms with van der Waals surface area (Å²) in [7, 11) is 3.27. The second-order valence-electron chi connectivity index (χ2n) is 3.82. The molecule has 0 radical (unpaired) electrons. The molecular formula is C13H19BrO4. The molecule has 0 aromatic heterocycles. The van der Waals surface area contributed by atoms with Gasteiger partial charge in [-0.25, -0.2) is 0 Å². The van der Waals surface area contributed by atoms with E-state index in [0.29, 0.717) is 18.1 Å². The molecule has 0 bridgehead atoms. The van der Waals surface area contributed by atoms with Crippen LogP contribution in [0.4, 0.5) is 0 Å². The van der Waals surface area contributed by atoms with Gasteiger partial charge in [-0.15, -0.1) is 0 Å². The lowest BCUT2D eigenvalue weighted by Crippen LogP contribution is -2.02. The number of hydrogen-bond donors (Lipinski definition) is 1. The van der Waals surface area contributed by atoms with Crippen LogP contribution in [0.2, 0.25) is 0 Å². The molecule has 0 saturated carbocycles. The van der Waals surface area contributed by atoms with Crippen molar-refractivity contribution in [3.63, 3.8) is 0 Å². The van der Waals surface area contributed by atoms with E-state index in [4.69, 9.17) is 19.3 Å². The summed E-state index contributed by atoms with van der Waals surface area (Å²) in [6.07, 6.45) is 1.89. The predicted octanol–water partition coefficient (Wildman–Crippen LogP) is 2.76. The molecule has 1 aromatic rings. The largest absolute Gasteiger partial charge is 0.493 e. The number of halogens is 1. The smallest absolute Gasteiger partial charge is 0.175 e. The number of ether oxygens (including phenoxy) is 3. The molecule has 0 amide bonds. The Morgan fingerprint density at radius 2 is 1.89 bits per heavy atom. The molecule has 5 heteroatoms. The first-order chi connectivity index (χ1) is 8.72. The maximum absolute atomic E-state index is 9.11. The van der Waals surface area contributed by atoms with E-state index in [1.54, 1.807) is 20.3 Å². The van der Waals surface area contributed by atoms with Gasteiger partial charge in [0.2, 0.25) is 0 Å². The van der Waals surface area contributed by atoms with Gasteiger partial charge in [-0.3, -0.25) is 0 Å². The predicted molar refractivity (Wildman–Crippen MR) is 73.2 cm³/mol. The third-order valence-electron chi connectivity index (χ3n) is 2.46. The highest BCUT2D eigenvalue weighted by atomic mass is 79.9. The van der Waals surface area contributed by atoms with Crippen molar-refractivity contribution in [3.05, 3.63) is 22.2 Å². The molecule has 18 heavy (non-hydrogen) atoms. The fraction of sp³-hybridized carbons (Fsp3) is 0.538. The van der Waals surface area contributed by atoms with Gasteiger partial charge < -0.3 is 19.3 Å². The van der Waals surface area contributed by atoms with Crippen LogP contribution in [0.25, 0.3) is 0 Å². The van der Waals surface area contributed by atoms with Crippen LogP contribution in [0.1, 0.15) is 18.4 Å². The zero-order valence-corrected chi connectivity index (χ0v) is 12.3. The summed E-state index contributed by atoms with van der Waals surface area (Å²) in [4.78, 5) is 0. The van der Waals surface area contributed by atoms with Gasteiger partial charge in [0, 0.05) is 13.7 Å². The maximum Gasteiger partial charge on any atom is 0.175 e. The van der Waals surface area contributed by atoms with Crippen molar-refractivity contribution < 1.29 is 19.3 Å². The lowest BCUT2D eigenvalue weighted by atomic mass is 10.2. The molecule has 0 unspecified atom stereocenters. The highest BCUT2D eigenvalue weighted by molar-refractivity contribution is 9.10. The second kappa shape index (κ2) is 8.34. The van der Waals surface area contributed by atoms with E-state index in [1.165, 1.54) is 0 Å². The summed E-state index contributed by atoms with van der Waals surface area (Å²) >= 11 is 3.42. The van der Waals surface area contributed by atoms with Crippen LogP contribution in [0, 0.1) is 0 Å². The zero-order chi connectivity index (χ0) is 13.4. The third-order valence-corrected chi connectivity index (χ3v) is 3.05. The van der Waals surface area contributed by atoms with Gasteiger partial charge in [-0.05, 0) is 46.5 Å². The van der Waals surface area contributed by atoms with Gasteiger partial charge in [0.1, 0.15) is 0 Å². The van der Waals surface area contributed by atoms with Crippen LogP contribution in [0.5, 0.6) is 11.5 Å². The summed E-state index contributed by atoms with van der Waals surface area (Å²) in [6, 6.07) is 3.60. The Morgan fingerprint density at radius 3 is 2.50 bits per heavy atom. The quantitative estimate of drug-likeness (QED) is 0.749. The second-order valence-corrected chi connectivity index (χ2v) is 4.67. The van der Waals surface area contributed by atoms with E-state index < -0.39 is 0 Å². The van der Waals surface area contributed by atoms with E-state index in [-0.39, 0.29) is 6.61 Å². The van der Waals surface area contributed by atoms with E-state index in [1.807, 2.05) is 6.07 Å². The molecule has 1 aromatic carbocycles. The zero-order valence-electron chi connectivity index (χ0n) is 10.7. The number of aliphatic hydroxyl groups is 1. The molecule has 0 aliphatic rings. The van der Waals surface area contributed by atoms with E-state index >= 15 is 0 Å². The van der Waals surface area contributed by atoms with Crippen molar-refractivity contribution in [2.45, 2.75) is 19.4 Å². The van der Waals surface area contributed by atoms with Crippen molar-refractivity contribution in [2.75, 3.05) is 27.4 Å². The monoisotopic (exact) mass is 318 g/mol. The van der Waals surface area contributed by atoms with E-state index in [0.717, 1.165) is 29.5 Å². The highest BCUT2D eigenvalue weighted by Crippen LogP contribution is 2.36. The average Bonchev–Trinajstić information content (AvgIpc) is 2.39. The fourth-order valence-electron chi connectivity index (χ4n) is 1.53. The van der Waals surface area contributed by atoms with Crippen LogP contribution in [0.3, 0.4) is 0 Å². The summed E-state index contributed by atoms with van der Waals surface area (Å²) in [5.41, 5.74) is 0.783. The molecule has 102 valence electrons. The number of methoxy groups -OCH3 is 2. The molecule has 0 fully saturated rings. The Balaban J connectivity index is 2.63. The Bertz CT molecular complexity index is 368. The fourth-order valence-corrected chi connectivity index (χ4v) is 2.13. The Kier molecular flexibility index (Phi) is 7.08. The van der Waals surface area contributed by atoms with Gasteiger partial charge in [0.15, 0.2) is 11.5 Å². The first-order valence-electron chi connectivity index (χ1n) is 5.82. The molecule has 0 heterocycles. The average molecular weight is 319 g/mol. The molecule has 4 nitrogen and oxygen atoms in total. The lowest BCUT2D eigenvalue weighted by Gasteiger charge is -2.13. The van der Waals surface area contributed by atoms with Gasteiger partial charge in [0.05, 0.1) is 24.8 Å². The van der Waals surface area contributed by atoms with Crippen molar-refractivity contribution >= 4 is 15.9 Å². The van der Waals surface area contributed by atoms with Crippen molar-refractivity contribution in [2.24, 2.45) is 0 Å². The van der Waals surface area contributed by atoms with Gasteiger partial charge >= 0.3 is 0 Å². The van der Waals surface area contributed by atoms with Crippen LogP contribution < -0.4 is 9.47 Å². The Morgan fingerprint density at radius 1 is 1.17 bits per heavy atom. The number of hydrogen-bond acceptors (Lipinski definition) is 4. The van der Waals surface area contributed by atoms with Gasteiger partial charge in [-0.2, -0.15) is 0 Å². The highest BCUT2D eigenvalue weighted by Gasteiger charge is 2.11. The van der Waals surface area contributed by atoms with Crippen molar-refractivity contribution in [1.82, 2.24) is 0 Å². The summed E-state index contributed by atoms with van der Waals surface area (Å²) < 4.78 is 16.7. The molecule has 1 rings (SSSR count). The third kappa shape index (κ3) is 4.48. The Labute approximate surface area is 116 Å². The van der Waals surface area contributed by atoms with Crippen LogP contribution in [-0.2, 0) is 11.3 Å². The number of benzene rings is 1. The molecule has 0 aliphatic carbocycles.